The van der Waals surface area contributed by atoms with Gasteiger partial charge in [0.2, 0.25) is 0 Å². The molecule has 2 heteroatoms. The van der Waals surface area contributed by atoms with E-state index in [1.807, 2.05) is 0 Å². The van der Waals surface area contributed by atoms with Crippen LogP contribution in [0.3, 0.4) is 0 Å². The van der Waals surface area contributed by atoms with Gasteiger partial charge in [0.25, 0.3) is 0 Å². The molecule has 2 aliphatic rings. The van der Waals surface area contributed by atoms with Crippen LogP contribution in [0, 0.1) is 0 Å². The second-order valence-electron chi connectivity index (χ2n) is 5.51. The lowest BCUT2D eigenvalue weighted by molar-refractivity contribution is 0.313. The van der Waals surface area contributed by atoms with Gasteiger partial charge in [-0.3, -0.25) is 4.90 Å². The zero-order valence-electron chi connectivity index (χ0n) is 10.6. The molecule has 1 aliphatic carbocycles. The molecule has 0 bridgehead atoms. The first-order valence-corrected chi connectivity index (χ1v) is 6.88. The van der Waals surface area contributed by atoms with E-state index in [1.54, 1.807) is 0 Å². The maximum Gasteiger partial charge on any atom is 0.0294 e. The highest BCUT2D eigenvalue weighted by Gasteiger charge is 2.34. The molecule has 1 heterocycles. The summed E-state index contributed by atoms with van der Waals surface area (Å²) in [5, 5.41) is 3.77. The van der Waals surface area contributed by atoms with Crippen molar-refractivity contribution in [3.05, 3.63) is 35.9 Å². The molecular formula is C15H22N2. The Hall–Kier alpha value is -0.860. The molecule has 2 fully saturated rings. The molecule has 17 heavy (non-hydrogen) atoms. The van der Waals surface area contributed by atoms with Gasteiger partial charge in [0.05, 0.1) is 0 Å². The van der Waals surface area contributed by atoms with E-state index in [4.69, 9.17) is 0 Å². The third kappa shape index (κ3) is 2.70. The van der Waals surface area contributed by atoms with Crippen molar-refractivity contribution >= 4 is 0 Å². The van der Waals surface area contributed by atoms with Crippen molar-refractivity contribution in [1.29, 1.82) is 0 Å². The summed E-state index contributed by atoms with van der Waals surface area (Å²) in [6.07, 6.45) is 4.18. The lowest BCUT2D eigenvalue weighted by atomic mass is 10.1. The molecule has 2 atom stereocenters. The molecule has 0 aromatic heterocycles. The molecule has 1 aromatic carbocycles. The largest absolute Gasteiger partial charge is 0.306 e. The van der Waals surface area contributed by atoms with Gasteiger partial charge in [0.1, 0.15) is 0 Å². The number of benzene rings is 1. The Morgan fingerprint density at radius 2 is 1.94 bits per heavy atom. The topological polar surface area (TPSA) is 15.3 Å². The van der Waals surface area contributed by atoms with Crippen molar-refractivity contribution in [3.63, 3.8) is 0 Å². The van der Waals surface area contributed by atoms with Gasteiger partial charge >= 0.3 is 0 Å². The first kappa shape index (κ1) is 11.2. The first-order valence-electron chi connectivity index (χ1n) is 6.88. The lowest BCUT2D eigenvalue weighted by Crippen LogP contribution is -2.34. The predicted molar refractivity (Wildman–Crippen MR) is 71.0 cm³/mol. The molecule has 0 spiro atoms. The highest BCUT2D eigenvalue weighted by molar-refractivity contribution is 5.18. The SMILES string of the molecule is CC(NC1CCN(C2CC2)C1)c1ccccc1. The second kappa shape index (κ2) is 4.79. The van der Waals surface area contributed by atoms with Gasteiger partial charge < -0.3 is 5.32 Å². The summed E-state index contributed by atoms with van der Waals surface area (Å²) in [4.78, 5) is 2.66. The molecule has 1 aliphatic heterocycles. The van der Waals surface area contributed by atoms with Crippen molar-refractivity contribution in [3.8, 4) is 0 Å². The molecule has 1 aromatic rings. The van der Waals surface area contributed by atoms with E-state index in [-0.39, 0.29) is 0 Å². The van der Waals surface area contributed by atoms with E-state index >= 15 is 0 Å². The number of nitrogens with one attached hydrogen (secondary N) is 1. The van der Waals surface area contributed by atoms with Gasteiger partial charge in [0, 0.05) is 31.2 Å². The zero-order valence-corrected chi connectivity index (χ0v) is 10.6. The minimum atomic E-state index is 0.473. The first-order chi connectivity index (χ1) is 8.33. The van der Waals surface area contributed by atoms with Gasteiger partial charge in [-0.15, -0.1) is 0 Å². The summed E-state index contributed by atoms with van der Waals surface area (Å²) in [6.45, 7) is 4.82. The number of hydrogen-bond acceptors (Lipinski definition) is 2. The van der Waals surface area contributed by atoms with Crippen LogP contribution in [-0.4, -0.2) is 30.1 Å². The molecule has 1 saturated carbocycles. The van der Waals surface area contributed by atoms with Crippen LogP contribution in [0.4, 0.5) is 0 Å². The molecule has 1 saturated heterocycles. The van der Waals surface area contributed by atoms with Crippen LogP contribution >= 0.6 is 0 Å². The Balaban J connectivity index is 1.53. The zero-order chi connectivity index (χ0) is 11.7. The van der Waals surface area contributed by atoms with Crippen LogP contribution < -0.4 is 5.32 Å². The van der Waals surface area contributed by atoms with Gasteiger partial charge in [-0.1, -0.05) is 30.3 Å². The summed E-state index contributed by atoms with van der Waals surface area (Å²) >= 11 is 0. The number of likely N-dealkylation sites (tertiary alicyclic amines) is 1. The standard InChI is InChI=1S/C15H22N2/c1-12(13-5-3-2-4-6-13)16-14-9-10-17(11-14)15-7-8-15/h2-6,12,14-16H,7-11H2,1H3. The van der Waals surface area contributed by atoms with E-state index in [0.29, 0.717) is 12.1 Å². The Labute approximate surface area is 104 Å². The summed E-state index contributed by atoms with van der Waals surface area (Å²) in [7, 11) is 0. The third-order valence-corrected chi connectivity index (χ3v) is 4.07. The summed E-state index contributed by atoms with van der Waals surface area (Å²) < 4.78 is 0. The molecule has 1 N–H and O–H groups in total. The average molecular weight is 230 g/mol. The highest BCUT2D eigenvalue weighted by atomic mass is 15.2. The quantitative estimate of drug-likeness (QED) is 0.855. The molecular weight excluding hydrogens is 208 g/mol. The molecule has 0 amide bonds. The molecule has 92 valence electrons. The fourth-order valence-corrected chi connectivity index (χ4v) is 2.89. The fraction of sp³-hybridized carbons (Fsp3) is 0.600. The van der Waals surface area contributed by atoms with Crippen molar-refractivity contribution in [1.82, 2.24) is 10.2 Å². The van der Waals surface area contributed by atoms with Gasteiger partial charge in [-0.05, 0) is 31.7 Å². The molecule has 3 rings (SSSR count). The predicted octanol–water partition coefficient (Wildman–Crippen LogP) is 2.57. The van der Waals surface area contributed by atoms with E-state index in [9.17, 15) is 0 Å². The van der Waals surface area contributed by atoms with Crippen molar-refractivity contribution in [2.75, 3.05) is 13.1 Å². The van der Waals surface area contributed by atoms with Gasteiger partial charge in [-0.25, -0.2) is 0 Å². The van der Waals surface area contributed by atoms with Crippen LogP contribution in [0.25, 0.3) is 0 Å². The Morgan fingerprint density at radius 3 is 2.65 bits per heavy atom. The van der Waals surface area contributed by atoms with Crippen molar-refractivity contribution < 1.29 is 0 Å². The minimum absolute atomic E-state index is 0.473. The summed E-state index contributed by atoms with van der Waals surface area (Å²) in [5.41, 5.74) is 1.40. The van der Waals surface area contributed by atoms with Crippen LogP contribution in [0.1, 0.15) is 37.8 Å². The van der Waals surface area contributed by atoms with E-state index < -0.39 is 0 Å². The monoisotopic (exact) mass is 230 g/mol. The fourth-order valence-electron chi connectivity index (χ4n) is 2.89. The number of hydrogen-bond donors (Lipinski definition) is 1. The van der Waals surface area contributed by atoms with Crippen LogP contribution in [0.2, 0.25) is 0 Å². The molecule has 0 radical (unpaired) electrons. The van der Waals surface area contributed by atoms with E-state index in [2.05, 4.69) is 47.5 Å². The molecule has 2 unspecified atom stereocenters. The Morgan fingerprint density at radius 1 is 1.18 bits per heavy atom. The van der Waals surface area contributed by atoms with Gasteiger partial charge in [-0.2, -0.15) is 0 Å². The van der Waals surface area contributed by atoms with Crippen LogP contribution in [-0.2, 0) is 0 Å². The maximum atomic E-state index is 3.77. The van der Waals surface area contributed by atoms with Gasteiger partial charge in [0.15, 0.2) is 0 Å². The normalized spacial score (nSPS) is 27.2. The lowest BCUT2D eigenvalue weighted by Gasteiger charge is -2.20. The van der Waals surface area contributed by atoms with Crippen LogP contribution in [0.5, 0.6) is 0 Å². The van der Waals surface area contributed by atoms with Crippen molar-refractivity contribution in [2.45, 2.75) is 44.3 Å². The molecule has 2 nitrogen and oxygen atoms in total. The summed E-state index contributed by atoms with van der Waals surface area (Å²) in [5.74, 6) is 0. The highest BCUT2D eigenvalue weighted by Crippen LogP contribution is 2.30. The third-order valence-electron chi connectivity index (χ3n) is 4.07. The Kier molecular flexibility index (Phi) is 3.17. The number of nitrogens with zero attached hydrogens (tertiary/aromatic N) is 1. The number of rotatable bonds is 4. The minimum Gasteiger partial charge on any atom is -0.306 e. The average Bonchev–Trinajstić information content (AvgIpc) is 3.12. The maximum absolute atomic E-state index is 3.77. The summed E-state index contributed by atoms with van der Waals surface area (Å²) in [6, 6.07) is 12.8. The second-order valence-corrected chi connectivity index (χ2v) is 5.51. The van der Waals surface area contributed by atoms with Crippen LogP contribution in [0.15, 0.2) is 30.3 Å². The van der Waals surface area contributed by atoms with E-state index in [0.717, 1.165) is 6.04 Å². The van der Waals surface area contributed by atoms with E-state index in [1.165, 1.54) is 37.9 Å². The Bertz CT molecular complexity index is 358. The van der Waals surface area contributed by atoms with Crippen molar-refractivity contribution in [2.24, 2.45) is 0 Å². The smallest absolute Gasteiger partial charge is 0.0294 e.